The number of esters is 1. The van der Waals surface area contributed by atoms with E-state index in [4.69, 9.17) is 27.9 Å². The summed E-state index contributed by atoms with van der Waals surface area (Å²) < 4.78 is 5.12. The molecule has 6 rings (SSSR count). The molecule has 1 aliphatic heterocycles. The molecule has 1 heterocycles. The normalized spacial score (nSPS) is 25.1. The first kappa shape index (κ1) is 25.6. The van der Waals surface area contributed by atoms with E-state index in [9.17, 15) is 19.2 Å². The Morgan fingerprint density at radius 3 is 2.33 bits per heavy atom. The topological polar surface area (TPSA) is 92.8 Å². The summed E-state index contributed by atoms with van der Waals surface area (Å²) in [6.07, 6.45) is 1.83. The van der Waals surface area contributed by atoms with Crippen LogP contribution in [0.15, 0.2) is 72.8 Å². The lowest BCUT2D eigenvalue weighted by molar-refractivity contribution is -0.123. The number of benzene rings is 3. The number of fused-ring (bicyclic) bond motifs is 5. The van der Waals surface area contributed by atoms with Gasteiger partial charge in [0.25, 0.3) is 5.91 Å². The minimum absolute atomic E-state index is 0.156. The van der Waals surface area contributed by atoms with Crippen molar-refractivity contribution in [2.45, 2.75) is 18.8 Å². The van der Waals surface area contributed by atoms with Crippen molar-refractivity contribution in [2.24, 2.45) is 23.7 Å². The number of imide groups is 1. The summed E-state index contributed by atoms with van der Waals surface area (Å²) in [4.78, 5) is 52.9. The van der Waals surface area contributed by atoms with Crippen LogP contribution in [0, 0.1) is 23.7 Å². The third-order valence-electron chi connectivity index (χ3n) is 8.14. The predicted octanol–water partition coefficient (Wildman–Crippen LogP) is 5.72. The van der Waals surface area contributed by atoms with Crippen molar-refractivity contribution in [3.8, 4) is 0 Å². The molecule has 1 N–H and O–H groups in total. The molecule has 3 aromatic rings. The van der Waals surface area contributed by atoms with Crippen LogP contribution in [0.25, 0.3) is 0 Å². The first-order valence-electron chi connectivity index (χ1n) is 12.8. The molecule has 1 saturated heterocycles. The van der Waals surface area contributed by atoms with Gasteiger partial charge in [-0.2, -0.15) is 0 Å². The van der Waals surface area contributed by atoms with Crippen molar-refractivity contribution < 1.29 is 23.9 Å². The molecule has 2 bridgehead atoms. The van der Waals surface area contributed by atoms with Gasteiger partial charge in [0, 0.05) is 5.02 Å². The Hall–Kier alpha value is -3.68. The van der Waals surface area contributed by atoms with Gasteiger partial charge in [-0.05, 0) is 78.6 Å². The average Bonchev–Trinajstić information content (AvgIpc) is 3.61. The van der Waals surface area contributed by atoms with Gasteiger partial charge in [0.15, 0.2) is 6.61 Å². The van der Waals surface area contributed by atoms with Gasteiger partial charge >= 0.3 is 5.97 Å². The highest BCUT2D eigenvalue weighted by Crippen LogP contribution is 2.61. The maximum Gasteiger partial charge on any atom is 0.338 e. The molecule has 198 valence electrons. The maximum absolute atomic E-state index is 13.5. The van der Waals surface area contributed by atoms with Crippen LogP contribution in [0.1, 0.15) is 34.7 Å². The lowest BCUT2D eigenvalue weighted by Crippen LogP contribution is -2.33. The first-order chi connectivity index (χ1) is 18.8. The smallest absolute Gasteiger partial charge is 0.338 e. The fraction of sp³-hybridized carbons (Fsp3) is 0.267. The van der Waals surface area contributed by atoms with Crippen LogP contribution in [0.2, 0.25) is 10.0 Å². The number of hydrogen-bond acceptors (Lipinski definition) is 5. The third kappa shape index (κ3) is 4.60. The van der Waals surface area contributed by atoms with Crippen molar-refractivity contribution in [2.75, 3.05) is 16.8 Å². The highest BCUT2D eigenvalue weighted by molar-refractivity contribution is 6.36. The van der Waals surface area contributed by atoms with Crippen molar-refractivity contribution in [1.29, 1.82) is 0 Å². The number of carbonyl (C=O) groups excluding carboxylic acids is 4. The van der Waals surface area contributed by atoms with E-state index in [0.29, 0.717) is 22.3 Å². The number of ether oxygens (including phenoxy) is 1. The van der Waals surface area contributed by atoms with Gasteiger partial charge in [-0.25, -0.2) is 4.79 Å². The number of nitrogens with zero attached hydrogens (tertiary/aromatic N) is 1. The summed E-state index contributed by atoms with van der Waals surface area (Å²) in [5.74, 6) is -1.52. The first-order valence-corrected chi connectivity index (χ1v) is 13.5. The van der Waals surface area contributed by atoms with Crippen molar-refractivity contribution >= 4 is 58.3 Å². The lowest BCUT2D eigenvalue weighted by Gasteiger charge is -2.28. The van der Waals surface area contributed by atoms with Crippen LogP contribution < -0.4 is 10.2 Å². The Bertz CT molecular complexity index is 1480. The van der Waals surface area contributed by atoms with Crippen molar-refractivity contribution in [3.63, 3.8) is 0 Å². The van der Waals surface area contributed by atoms with E-state index in [-0.39, 0.29) is 46.1 Å². The standard InChI is InChI=1S/C30H24Cl2N2O5/c31-19-8-11-24(23(32)14-19)33-25(35)15-39-30(38)17-6-9-20(10-7-17)34-28(36)26-18-12-21(16-4-2-1-3-5-16)22(13-18)27(26)29(34)37/h1-11,14,18,21-22,26-27H,12-13,15H2,(H,33,35)/t18-,21+,22+,26+,27+/m0/s1. The highest BCUT2D eigenvalue weighted by atomic mass is 35.5. The monoisotopic (exact) mass is 562 g/mol. The third-order valence-corrected chi connectivity index (χ3v) is 8.69. The summed E-state index contributed by atoms with van der Waals surface area (Å²) in [6.45, 7) is -0.517. The number of halogens is 2. The van der Waals surface area contributed by atoms with Gasteiger partial charge in [-0.15, -0.1) is 0 Å². The van der Waals surface area contributed by atoms with Gasteiger partial charge in [0.1, 0.15) is 0 Å². The van der Waals surface area contributed by atoms with Gasteiger partial charge in [-0.3, -0.25) is 19.3 Å². The second-order valence-electron chi connectivity index (χ2n) is 10.3. The summed E-state index contributed by atoms with van der Waals surface area (Å²) in [6, 6.07) is 20.9. The molecular formula is C30H24Cl2N2O5. The summed E-state index contributed by atoms with van der Waals surface area (Å²) >= 11 is 11.9. The van der Waals surface area contributed by atoms with Crippen LogP contribution in [0.3, 0.4) is 0 Å². The molecule has 2 saturated carbocycles. The lowest BCUT2D eigenvalue weighted by atomic mass is 9.73. The molecular weight excluding hydrogens is 539 g/mol. The number of anilines is 2. The molecule has 0 aromatic heterocycles. The largest absolute Gasteiger partial charge is 0.452 e. The Labute approximate surface area is 235 Å². The number of carbonyl (C=O) groups is 4. The fourth-order valence-electron chi connectivity index (χ4n) is 6.54. The second-order valence-corrected chi connectivity index (χ2v) is 11.1. The summed E-state index contributed by atoms with van der Waals surface area (Å²) in [7, 11) is 0. The van der Waals surface area contributed by atoms with Crippen LogP contribution >= 0.6 is 23.2 Å². The molecule has 5 atom stereocenters. The van der Waals surface area contributed by atoms with E-state index in [1.165, 1.54) is 28.7 Å². The molecule has 39 heavy (non-hydrogen) atoms. The summed E-state index contributed by atoms with van der Waals surface area (Å²) in [5, 5.41) is 3.25. The zero-order valence-electron chi connectivity index (χ0n) is 20.7. The summed E-state index contributed by atoms with van der Waals surface area (Å²) in [5.41, 5.74) is 2.20. The number of nitrogens with one attached hydrogen (secondary N) is 1. The zero-order chi connectivity index (χ0) is 27.3. The molecule has 0 spiro atoms. The van der Waals surface area contributed by atoms with E-state index < -0.39 is 18.5 Å². The highest BCUT2D eigenvalue weighted by Gasteiger charge is 2.64. The Morgan fingerprint density at radius 1 is 0.897 bits per heavy atom. The molecule has 2 aliphatic carbocycles. The van der Waals surface area contributed by atoms with E-state index in [2.05, 4.69) is 17.4 Å². The second kappa shape index (κ2) is 10.1. The van der Waals surface area contributed by atoms with Crippen LogP contribution in [0.5, 0.6) is 0 Å². The molecule has 3 aliphatic rings. The quantitative estimate of drug-likeness (QED) is 0.306. The zero-order valence-corrected chi connectivity index (χ0v) is 22.2. The maximum atomic E-state index is 13.5. The van der Waals surface area contributed by atoms with Gasteiger partial charge in [0.2, 0.25) is 11.8 Å². The van der Waals surface area contributed by atoms with Crippen LogP contribution in [-0.4, -0.2) is 30.3 Å². The molecule has 3 fully saturated rings. The Kier molecular flexibility index (Phi) is 6.65. The number of amides is 3. The molecule has 0 unspecified atom stereocenters. The Balaban J connectivity index is 1.10. The molecule has 3 amide bonds. The van der Waals surface area contributed by atoms with Gasteiger partial charge in [-0.1, -0.05) is 53.5 Å². The van der Waals surface area contributed by atoms with Crippen LogP contribution in [0.4, 0.5) is 11.4 Å². The van der Waals surface area contributed by atoms with E-state index in [0.717, 1.165) is 12.8 Å². The van der Waals surface area contributed by atoms with E-state index in [1.54, 1.807) is 24.3 Å². The number of rotatable bonds is 6. The van der Waals surface area contributed by atoms with Crippen LogP contribution in [-0.2, 0) is 19.1 Å². The Morgan fingerprint density at radius 2 is 1.62 bits per heavy atom. The molecule has 7 nitrogen and oxygen atoms in total. The van der Waals surface area contributed by atoms with E-state index >= 15 is 0 Å². The van der Waals surface area contributed by atoms with Gasteiger partial charge < -0.3 is 10.1 Å². The van der Waals surface area contributed by atoms with Gasteiger partial charge in [0.05, 0.1) is 33.8 Å². The SMILES string of the molecule is O=C(COC(=O)c1ccc(N2C(=O)[C@@H]3[C@@H]4C[C@@H]([C@H]3C2=O)[C@@H](c2ccccc2)C4)cc1)Nc1ccc(Cl)cc1Cl. The average molecular weight is 563 g/mol. The molecule has 9 heteroatoms. The van der Waals surface area contributed by atoms with Crippen molar-refractivity contribution in [3.05, 3.63) is 94.0 Å². The predicted molar refractivity (Wildman–Crippen MR) is 147 cm³/mol. The molecule has 0 radical (unpaired) electrons. The van der Waals surface area contributed by atoms with E-state index in [1.807, 2.05) is 18.2 Å². The minimum atomic E-state index is -0.710. The fourth-order valence-corrected chi connectivity index (χ4v) is 6.99. The van der Waals surface area contributed by atoms with Crippen molar-refractivity contribution in [1.82, 2.24) is 0 Å². The number of hydrogen-bond donors (Lipinski definition) is 1. The molecule has 3 aromatic carbocycles. The minimum Gasteiger partial charge on any atom is -0.452 e.